The van der Waals surface area contributed by atoms with Gasteiger partial charge in [-0.05, 0) is 31.0 Å². The molecule has 3 N–H and O–H groups in total. The first-order chi connectivity index (χ1) is 9.84. The van der Waals surface area contributed by atoms with E-state index in [1.54, 1.807) is 0 Å². The zero-order valence-electron chi connectivity index (χ0n) is 11.8. The van der Waals surface area contributed by atoms with E-state index in [1.807, 2.05) is 0 Å². The highest BCUT2D eigenvalue weighted by atomic mass is 32.2. The molecule has 0 radical (unpaired) electrons. The summed E-state index contributed by atoms with van der Waals surface area (Å²) in [7, 11) is -2.36. The molecule has 1 aromatic carbocycles. The van der Waals surface area contributed by atoms with Crippen molar-refractivity contribution in [1.29, 1.82) is 0 Å². The quantitative estimate of drug-likeness (QED) is 0.811. The van der Waals surface area contributed by atoms with Gasteiger partial charge in [0.1, 0.15) is 0 Å². The lowest BCUT2D eigenvalue weighted by molar-refractivity contribution is 0.0698. The molecular weight excluding hydrogens is 294 g/mol. The first-order valence-electron chi connectivity index (χ1n) is 6.71. The number of nitrogen functional groups attached to an aromatic ring is 1. The van der Waals surface area contributed by atoms with Gasteiger partial charge in [-0.3, -0.25) is 4.31 Å². The average molecular weight is 313 g/mol. The molecule has 2 rings (SSSR count). The normalized spacial score (nSPS) is 16.6. The lowest BCUT2D eigenvalue weighted by Gasteiger charge is -2.31. The molecule has 0 amide bonds. The van der Waals surface area contributed by atoms with Crippen molar-refractivity contribution in [2.24, 2.45) is 0 Å². The topological polar surface area (TPSA) is 104 Å². The van der Waals surface area contributed by atoms with Crippen LogP contribution in [0.2, 0.25) is 0 Å². The number of hydrogen-bond acceptors (Lipinski definition) is 4. The third kappa shape index (κ3) is 3.11. The van der Waals surface area contributed by atoms with E-state index in [0.29, 0.717) is 13.1 Å². The summed E-state index contributed by atoms with van der Waals surface area (Å²) in [5.74, 6) is -1.21. The Hall–Kier alpha value is -1.80. The highest BCUT2D eigenvalue weighted by Crippen LogP contribution is 2.27. The second-order valence-electron chi connectivity index (χ2n) is 5.02. The predicted molar refractivity (Wildman–Crippen MR) is 80.6 cm³/mol. The first kappa shape index (κ1) is 15.6. The molecule has 0 saturated carbocycles. The van der Waals surface area contributed by atoms with Crippen LogP contribution < -0.4 is 10.0 Å². The van der Waals surface area contributed by atoms with Gasteiger partial charge in [0.2, 0.25) is 0 Å². The van der Waals surface area contributed by atoms with Gasteiger partial charge in [0.05, 0.1) is 11.3 Å². The highest BCUT2D eigenvalue weighted by molar-refractivity contribution is 7.90. The molecule has 0 bridgehead atoms. The van der Waals surface area contributed by atoms with Gasteiger partial charge >= 0.3 is 16.2 Å². The van der Waals surface area contributed by atoms with Gasteiger partial charge in [0, 0.05) is 25.8 Å². The molecule has 1 aromatic rings. The van der Waals surface area contributed by atoms with Crippen LogP contribution in [0.4, 0.5) is 11.4 Å². The van der Waals surface area contributed by atoms with Crippen molar-refractivity contribution in [3.05, 3.63) is 23.8 Å². The monoisotopic (exact) mass is 313 g/mol. The number of anilines is 2. The van der Waals surface area contributed by atoms with Crippen molar-refractivity contribution >= 4 is 27.6 Å². The Kier molecular flexibility index (Phi) is 4.38. The van der Waals surface area contributed by atoms with E-state index in [4.69, 9.17) is 5.73 Å². The summed E-state index contributed by atoms with van der Waals surface area (Å²) in [5, 5.41) is 9.22. The molecule has 1 saturated heterocycles. The van der Waals surface area contributed by atoms with Crippen LogP contribution >= 0.6 is 0 Å². The minimum atomic E-state index is -3.72. The van der Waals surface area contributed by atoms with Crippen molar-refractivity contribution < 1.29 is 18.3 Å². The zero-order valence-corrected chi connectivity index (χ0v) is 12.6. The molecule has 1 aliphatic heterocycles. The summed E-state index contributed by atoms with van der Waals surface area (Å²) in [5.41, 5.74) is 5.84. The zero-order chi connectivity index (χ0) is 15.6. The number of nitrogens with two attached hydrogens (primary N) is 1. The molecule has 21 heavy (non-hydrogen) atoms. The van der Waals surface area contributed by atoms with E-state index < -0.39 is 16.2 Å². The molecular formula is C13H19N3O4S. The number of piperidine rings is 1. The number of benzene rings is 1. The highest BCUT2D eigenvalue weighted by Gasteiger charge is 2.30. The molecule has 0 aliphatic carbocycles. The summed E-state index contributed by atoms with van der Waals surface area (Å²) in [6, 6.07) is 4.17. The Morgan fingerprint density at radius 1 is 1.29 bits per heavy atom. The maximum absolute atomic E-state index is 12.6. The molecule has 0 aromatic heterocycles. The number of carboxylic acid groups (broad SMARTS) is 1. The fourth-order valence-electron chi connectivity index (χ4n) is 2.39. The molecule has 1 aliphatic rings. The van der Waals surface area contributed by atoms with Crippen LogP contribution in [-0.4, -0.2) is 43.9 Å². The molecule has 8 heteroatoms. The molecule has 0 spiro atoms. The van der Waals surface area contributed by atoms with Gasteiger partial charge in [-0.1, -0.05) is 6.42 Å². The van der Waals surface area contributed by atoms with Crippen molar-refractivity contribution in [3.8, 4) is 0 Å². The van der Waals surface area contributed by atoms with Crippen molar-refractivity contribution in [1.82, 2.24) is 4.31 Å². The van der Waals surface area contributed by atoms with Crippen LogP contribution in [0.25, 0.3) is 0 Å². The van der Waals surface area contributed by atoms with E-state index in [1.165, 1.54) is 29.6 Å². The van der Waals surface area contributed by atoms with Crippen molar-refractivity contribution in [3.63, 3.8) is 0 Å². The van der Waals surface area contributed by atoms with Crippen LogP contribution in [0.3, 0.4) is 0 Å². The predicted octanol–water partition coefficient (Wildman–Crippen LogP) is 1.13. The lowest BCUT2D eigenvalue weighted by Crippen LogP contribution is -2.44. The number of hydrogen-bond donors (Lipinski definition) is 2. The third-order valence-electron chi connectivity index (χ3n) is 3.58. The average Bonchev–Trinajstić information content (AvgIpc) is 2.47. The minimum Gasteiger partial charge on any atom is -0.478 e. The van der Waals surface area contributed by atoms with Crippen LogP contribution in [0.15, 0.2) is 18.2 Å². The van der Waals surface area contributed by atoms with E-state index in [2.05, 4.69) is 0 Å². The summed E-state index contributed by atoms with van der Waals surface area (Å²) in [6.45, 7) is 0.925. The molecule has 1 fully saturated rings. The van der Waals surface area contributed by atoms with Gasteiger partial charge in [-0.2, -0.15) is 12.7 Å². The molecule has 1 heterocycles. The minimum absolute atomic E-state index is 0.113. The largest absolute Gasteiger partial charge is 0.478 e. The number of nitrogens with zero attached hydrogens (tertiary/aromatic N) is 2. The van der Waals surface area contributed by atoms with E-state index in [-0.39, 0.29) is 16.9 Å². The van der Waals surface area contributed by atoms with E-state index >= 15 is 0 Å². The second kappa shape index (κ2) is 5.90. The molecule has 7 nitrogen and oxygen atoms in total. The number of rotatable bonds is 4. The van der Waals surface area contributed by atoms with Gasteiger partial charge < -0.3 is 10.8 Å². The summed E-state index contributed by atoms with van der Waals surface area (Å²) in [6.07, 6.45) is 2.65. The smallest absolute Gasteiger partial charge is 0.337 e. The van der Waals surface area contributed by atoms with Crippen LogP contribution in [0.1, 0.15) is 29.6 Å². The Bertz CT molecular complexity index is 639. The fraction of sp³-hybridized carbons (Fsp3) is 0.462. The number of carboxylic acids is 1. The first-order valence-corrected chi connectivity index (χ1v) is 8.10. The molecule has 116 valence electrons. The number of aromatic carboxylic acids is 1. The third-order valence-corrected chi connectivity index (χ3v) is 5.48. The SMILES string of the molecule is CN(c1ccc(N)cc1C(=O)O)S(=O)(=O)N1CCCCC1. The second-order valence-corrected chi connectivity index (χ2v) is 6.98. The summed E-state index contributed by atoms with van der Waals surface area (Å²) < 4.78 is 27.5. The van der Waals surface area contributed by atoms with Gasteiger partial charge in [0.15, 0.2) is 0 Å². The van der Waals surface area contributed by atoms with Gasteiger partial charge in [-0.25, -0.2) is 4.79 Å². The van der Waals surface area contributed by atoms with Gasteiger partial charge in [0.25, 0.3) is 0 Å². The van der Waals surface area contributed by atoms with E-state index in [9.17, 15) is 18.3 Å². The van der Waals surface area contributed by atoms with Crippen molar-refractivity contribution in [2.45, 2.75) is 19.3 Å². The van der Waals surface area contributed by atoms with Crippen LogP contribution in [-0.2, 0) is 10.2 Å². The summed E-state index contributed by atoms with van der Waals surface area (Å²) >= 11 is 0. The lowest BCUT2D eigenvalue weighted by atomic mass is 10.1. The molecule has 0 atom stereocenters. The number of carbonyl (C=O) groups is 1. The Morgan fingerprint density at radius 2 is 1.90 bits per heavy atom. The van der Waals surface area contributed by atoms with Crippen molar-refractivity contribution in [2.75, 3.05) is 30.2 Å². The Morgan fingerprint density at radius 3 is 2.48 bits per heavy atom. The van der Waals surface area contributed by atoms with E-state index in [0.717, 1.165) is 23.6 Å². The summed E-state index contributed by atoms with van der Waals surface area (Å²) in [4.78, 5) is 11.3. The molecule has 0 unspecified atom stereocenters. The Labute approximate surface area is 124 Å². The van der Waals surface area contributed by atoms with Crippen LogP contribution in [0, 0.1) is 0 Å². The maximum atomic E-state index is 12.6. The Balaban J connectivity index is 2.39. The maximum Gasteiger partial charge on any atom is 0.337 e. The van der Waals surface area contributed by atoms with Gasteiger partial charge in [-0.15, -0.1) is 0 Å². The standard InChI is InChI=1S/C13H19N3O4S/c1-15(21(19,20)16-7-3-2-4-8-16)12-6-5-10(14)9-11(12)13(17)18/h5-6,9H,2-4,7-8,14H2,1H3,(H,17,18). The van der Waals surface area contributed by atoms with Crippen LogP contribution in [0.5, 0.6) is 0 Å². The fourth-order valence-corrected chi connectivity index (χ4v) is 3.87.